The molecule has 1 nitrogen and oxygen atoms in total. The molecule has 0 saturated heterocycles. The molecule has 0 aliphatic carbocycles. The number of hydrogen-bond donors (Lipinski definition) is 0. The van der Waals surface area contributed by atoms with Crippen LogP contribution in [0, 0.1) is 0 Å². The molecule has 1 aromatic rings. The summed E-state index contributed by atoms with van der Waals surface area (Å²) in [5.41, 5.74) is 4.33. The first-order chi connectivity index (χ1) is 7.24. The van der Waals surface area contributed by atoms with Crippen LogP contribution < -0.4 is 0 Å². The molecule has 1 heterocycles. The van der Waals surface area contributed by atoms with Crippen LogP contribution in [0.2, 0.25) is 0 Å². The van der Waals surface area contributed by atoms with E-state index < -0.39 is 0 Å². The quantitative estimate of drug-likeness (QED) is 0.668. The summed E-state index contributed by atoms with van der Waals surface area (Å²) in [6.45, 7) is 10.5. The molecule has 0 saturated carbocycles. The lowest BCUT2D eigenvalue weighted by Crippen LogP contribution is -1.90. The highest BCUT2D eigenvalue weighted by Gasteiger charge is 2.15. The maximum absolute atomic E-state index is 5.65. The Kier molecular flexibility index (Phi) is 2.46. The molecule has 1 heteroatoms. The largest absolute Gasteiger partial charge is 0.493 e. The summed E-state index contributed by atoms with van der Waals surface area (Å²) in [6, 6.07) is 8.18. The van der Waals surface area contributed by atoms with Crippen molar-refractivity contribution < 1.29 is 4.74 Å². The average molecular weight is 198 g/mol. The van der Waals surface area contributed by atoms with Gasteiger partial charge in [-0.3, -0.25) is 0 Å². The normalized spacial score (nSPS) is 15.4. The van der Waals surface area contributed by atoms with Crippen molar-refractivity contribution in [3.05, 3.63) is 66.0 Å². The van der Waals surface area contributed by atoms with E-state index in [2.05, 4.69) is 25.3 Å². The molecule has 0 spiro atoms. The zero-order valence-electron chi connectivity index (χ0n) is 8.92. The molecule has 0 aromatic heterocycles. The molecule has 0 fully saturated rings. The highest BCUT2D eigenvalue weighted by Crippen LogP contribution is 2.31. The van der Waals surface area contributed by atoms with Crippen LogP contribution in [0.5, 0.6) is 0 Å². The number of benzene rings is 1. The van der Waals surface area contributed by atoms with Crippen LogP contribution in [0.1, 0.15) is 18.1 Å². The third kappa shape index (κ3) is 1.61. The van der Waals surface area contributed by atoms with Gasteiger partial charge in [-0.15, -0.1) is 0 Å². The second-order valence-corrected chi connectivity index (χ2v) is 3.60. The Morgan fingerprint density at radius 2 is 2.07 bits per heavy atom. The van der Waals surface area contributed by atoms with Gasteiger partial charge in [-0.2, -0.15) is 0 Å². The van der Waals surface area contributed by atoms with E-state index in [0.717, 1.165) is 22.5 Å². The SMILES string of the molecule is C=CC1=C(C)OCc2ccccc2C1=C. The third-order valence-electron chi connectivity index (χ3n) is 2.70. The average Bonchev–Trinajstić information content (AvgIpc) is 2.38. The van der Waals surface area contributed by atoms with Crippen molar-refractivity contribution in [1.29, 1.82) is 0 Å². The number of allylic oxidation sites excluding steroid dienone is 4. The summed E-state index contributed by atoms with van der Waals surface area (Å²) in [5, 5.41) is 0. The number of rotatable bonds is 1. The molecule has 0 amide bonds. The summed E-state index contributed by atoms with van der Waals surface area (Å²) in [7, 11) is 0. The molecule has 0 N–H and O–H groups in total. The van der Waals surface area contributed by atoms with Gasteiger partial charge in [0.2, 0.25) is 0 Å². The van der Waals surface area contributed by atoms with E-state index >= 15 is 0 Å². The first-order valence-corrected chi connectivity index (χ1v) is 4.97. The second kappa shape index (κ2) is 3.77. The minimum atomic E-state index is 0.609. The second-order valence-electron chi connectivity index (χ2n) is 3.60. The zero-order valence-corrected chi connectivity index (χ0v) is 8.92. The van der Waals surface area contributed by atoms with E-state index in [1.807, 2.05) is 19.1 Å². The van der Waals surface area contributed by atoms with Crippen LogP contribution in [0.25, 0.3) is 5.57 Å². The van der Waals surface area contributed by atoms with Crippen molar-refractivity contribution in [2.24, 2.45) is 0 Å². The van der Waals surface area contributed by atoms with E-state index in [0.29, 0.717) is 6.61 Å². The Morgan fingerprint density at radius 1 is 1.33 bits per heavy atom. The van der Waals surface area contributed by atoms with Crippen molar-refractivity contribution >= 4 is 5.57 Å². The van der Waals surface area contributed by atoms with Crippen LogP contribution in [0.3, 0.4) is 0 Å². The van der Waals surface area contributed by atoms with Gasteiger partial charge in [-0.25, -0.2) is 0 Å². The molecule has 1 aliphatic heterocycles. The zero-order chi connectivity index (χ0) is 10.8. The lowest BCUT2D eigenvalue weighted by molar-refractivity contribution is 0.201. The van der Waals surface area contributed by atoms with E-state index in [1.165, 1.54) is 5.56 Å². The van der Waals surface area contributed by atoms with Crippen LogP contribution in [-0.2, 0) is 11.3 Å². The van der Waals surface area contributed by atoms with Gasteiger partial charge in [-0.05, 0) is 23.6 Å². The van der Waals surface area contributed by atoms with Crippen molar-refractivity contribution in [3.8, 4) is 0 Å². The van der Waals surface area contributed by atoms with Crippen molar-refractivity contribution in [1.82, 2.24) is 0 Å². The highest BCUT2D eigenvalue weighted by molar-refractivity contribution is 5.82. The van der Waals surface area contributed by atoms with Gasteiger partial charge in [0.05, 0.1) is 0 Å². The van der Waals surface area contributed by atoms with Gasteiger partial charge in [0.25, 0.3) is 0 Å². The van der Waals surface area contributed by atoms with E-state index in [1.54, 1.807) is 6.08 Å². The summed E-state index contributed by atoms with van der Waals surface area (Å²) in [5.74, 6) is 0.895. The minimum absolute atomic E-state index is 0.609. The Hall–Kier alpha value is -1.76. The topological polar surface area (TPSA) is 9.23 Å². The van der Waals surface area contributed by atoms with Gasteiger partial charge >= 0.3 is 0 Å². The number of ether oxygens (including phenoxy) is 1. The Bertz CT molecular complexity index is 452. The molecule has 0 unspecified atom stereocenters. The Labute approximate surface area is 90.4 Å². The van der Waals surface area contributed by atoms with Gasteiger partial charge in [0, 0.05) is 5.57 Å². The number of hydrogen-bond acceptors (Lipinski definition) is 1. The number of fused-ring (bicyclic) bond motifs is 1. The Morgan fingerprint density at radius 3 is 2.80 bits per heavy atom. The first-order valence-electron chi connectivity index (χ1n) is 4.97. The molecular weight excluding hydrogens is 184 g/mol. The fourth-order valence-corrected chi connectivity index (χ4v) is 1.83. The summed E-state index contributed by atoms with van der Waals surface area (Å²) < 4.78 is 5.65. The molecule has 15 heavy (non-hydrogen) atoms. The molecule has 1 aliphatic rings. The summed E-state index contributed by atoms with van der Waals surface area (Å²) in [6.07, 6.45) is 1.81. The fraction of sp³-hybridized carbons (Fsp3) is 0.143. The predicted octanol–water partition coefficient (Wildman–Crippen LogP) is 3.69. The lowest BCUT2D eigenvalue weighted by atomic mass is 9.96. The van der Waals surface area contributed by atoms with Gasteiger partial charge < -0.3 is 4.74 Å². The minimum Gasteiger partial charge on any atom is -0.493 e. The molecule has 2 rings (SSSR count). The molecule has 0 atom stereocenters. The van der Waals surface area contributed by atoms with Gasteiger partial charge in [0.15, 0.2) is 0 Å². The Balaban J connectivity index is 2.58. The van der Waals surface area contributed by atoms with Crippen LogP contribution in [-0.4, -0.2) is 0 Å². The van der Waals surface area contributed by atoms with Crippen molar-refractivity contribution in [3.63, 3.8) is 0 Å². The third-order valence-corrected chi connectivity index (χ3v) is 2.70. The lowest BCUT2D eigenvalue weighted by Gasteiger charge is -2.07. The summed E-state index contributed by atoms with van der Waals surface area (Å²) in [4.78, 5) is 0. The molecule has 0 radical (unpaired) electrons. The molecular formula is C14H14O. The van der Waals surface area contributed by atoms with Gasteiger partial charge in [0.1, 0.15) is 12.4 Å². The monoisotopic (exact) mass is 198 g/mol. The van der Waals surface area contributed by atoms with E-state index in [4.69, 9.17) is 4.74 Å². The predicted molar refractivity (Wildman–Crippen MR) is 63.2 cm³/mol. The molecule has 76 valence electrons. The maximum Gasteiger partial charge on any atom is 0.113 e. The molecule has 0 bridgehead atoms. The van der Waals surface area contributed by atoms with Crippen LogP contribution in [0.15, 0.2) is 54.8 Å². The molecule has 1 aromatic carbocycles. The highest BCUT2D eigenvalue weighted by atomic mass is 16.5. The smallest absolute Gasteiger partial charge is 0.113 e. The van der Waals surface area contributed by atoms with Crippen LogP contribution >= 0.6 is 0 Å². The van der Waals surface area contributed by atoms with E-state index in [9.17, 15) is 0 Å². The van der Waals surface area contributed by atoms with Gasteiger partial charge in [-0.1, -0.05) is 43.5 Å². The van der Waals surface area contributed by atoms with Crippen molar-refractivity contribution in [2.45, 2.75) is 13.5 Å². The maximum atomic E-state index is 5.65. The van der Waals surface area contributed by atoms with Crippen LogP contribution in [0.4, 0.5) is 0 Å². The first kappa shape index (κ1) is 9.78. The van der Waals surface area contributed by atoms with Crippen molar-refractivity contribution in [2.75, 3.05) is 0 Å². The van der Waals surface area contributed by atoms with E-state index in [-0.39, 0.29) is 0 Å². The summed E-state index contributed by atoms with van der Waals surface area (Å²) >= 11 is 0. The standard InChI is InChI=1S/C14H14O/c1-4-13-10(2)14-8-6-5-7-12(14)9-15-11(13)3/h4-8H,1-2,9H2,3H3. The fourth-order valence-electron chi connectivity index (χ4n) is 1.83.